The maximum absolute atomic E-state index is 12.3. The zero-order valence-corrected chi connectivity index (χ0v) is 11.7. The van der Waals surface area contributed by atoms with E-state index in [4.69, 9.17) is 11.5 Å². The first-order valence-electron chi connectivity index (χ1n) is 6.29. The van der Waals surface area contributed by atoms with Crippen LogP contribution >= 0.6 is 0 Å². The van der Waals surface area contributed by atoms with Crippen molar-refractivity contribution >= 4 is 22.9 Å². The zero-order chi connectivity index (χ0) is 15.4. The highest BCUT2D eigenvalue weighted by Crippen LogP contribution is 2.34. The number of carbonyl (C=O) groups is 2. The third-order valence-corrected chi connectivity index (χ3v) is 2.91. The smallest absolute Gasteiger partial charge is 0.196 e. The second-order valence-electron chi connectivity index (χ2n) is 3.89. The summed E-state index contributed by atoms with van der Waals surface area (Å²) in [6.45, 7) is 11.1. The lowest BCUT2D eigenvalue weighted by Gasteiger charge is -2.20. The molecule has 0 saturated heterocycles. The summed E-state index contributed by atoms with van der Waals surface area (Å²) in [5, 5.41) is 0. The molecule has 0 saturated carbocycles. The molecule has 20 heavy (non-hydrogen) atoms. The number of carbonyl (C=O) groups excluding carboxylic acids is 2. The molecule has 2 rings (SSSR count). The van der Waals surface area contributed by atoms with Crippen molar-refractivity contribution in [3.63, 3.8) is 0 Å². The first kappa shape index (κ1) is 15.4. The molecule has 0 bridgehead atoms. The molecule has 0 heterocycles. The minimum Gasteiger partial charge on any atom is -0.398 e. The Morgan fingerprint density at radius 3 is 1.40 bits per heavy atom. The van der Waals surface area contributed by atoms with Gasteiger partial charge in [-0.3, -0.25) is 9.59 Å². The van der Waals surface area contributed by atoms with Crippen molar-refractivity contribution in [2.24, 2.45) is 0 Å². The zero-order valence-electron chi connectivity index (χ0n) is 11.7. The van der Waals surface area contributed by atoms with Gasteiger partial charge in [-0.25, -0.2) is 0 Å². The third kappa shape index (κ3) is 2.16. The average molecular weight is 270 g/mol. The Morgan fingerprint density at radius 2 is 1.15 bits per heavy atom. The molecule has 1 aliphatic carbocycles. The summed E-state index contributed by atoms with van der Waals surface area (Å²) in [6, 6.07) is 3.03. The van der Waals surface area contributed by atoms with Crippen LogP contribution in [0.4, 0.5) is 11.4 Å². The fourth-order valence-electron chi connectivity index (χ4n) is 2.04. The van der Waals surface area contributed by atoms with Crippen LogP contribution in [0.5, 0.6) is 0 Å². The quantitative estimate of drug-likeness (QED) is 0.809. The summed E-state index contributed by atoms with van der Waals surface area (Å²) >= 11 is 0. The van der Waals surface area contributed by atoms with Crippen LogP contribution in [0.25, 0.3) is 0 Å². The van der Waals surface area contributed by atoms with Crippen molar-refractivity contribution in [3.8, 4) is 0 Å². The Morgan fingerprint density at radius 1 is 0.850 bits per heavy atom. The van der Waals surface area contributed by atoms with Crippen molar-refractivity contribution < 1.29 is 9.59 Å². The van der Waals surface area contributed by atoms with Crippen LogP contribution in [0.2, 0.25) is 0 Å². The predicted molar refractivity (Wildman–Crippen MR) is 82.7 cm³/mol. The number of fused-ring (bicyclic) bond motifs is 1. The molecule has 0 unspecified atom stereocenters. The second-order valence-corrected chi connectivity index (χ2v) is 3.89. The van der Waals surface area contributed by atoms with Gasteiger partial charge >= 0.3 is 0 Å². The van der Waals surface area contributed by atoms with Crippen molar-refractivity contribution in [1.82, 2.24) is 0 Å². The van der Waals surface area contributed by atoms with Gasteiger partial charge in [0.1, 0.15) is 0 Å². The van der Waals surface area contributed by atoms with E-state index >= 15 is 0 Å². The summed E-state index contributed by atoms with van der Waals surface area (Å²) in [4.78, 5) is 24.5. The molecule has 0 amide bonds. The van der Waals surface area contributed by atoms with Crippen molar-refractivity contribution in [2.75, 3.05) is 11.5 Å². The molecule has 104 valence electrons. The van der Waals surface area contributed by atoms with Gasteiger partial charge < -0.3 is 11.5 Å². The standard InChI is InChI=1S/C14H12N2O2.C2H6/c1-3-7-8(4-2)14(18)12-10(16)6-5-9(15)11(12)13(7)17;1-2/h3-6H,1-2,15-16H2;1-2H3. The highest BCUT2D eigenvalue weighted by atomic mass is 16.1. The monoisotopic (exact) mass is 270 g/mol. The minimum absolute atomic E-state index is 0.153. The lowest BCUT2D eigenvalue weighted by atomic mass is 9.82. The van der Waals surface area contributed by atoms with Crippen LogP contribution in [0.3, 0.4) is 0 Å². The fourth-order valence-corrected chi connectivity index (χ4v) is 2.04. The molecule has 4 heteroatoms. The number of anilines is 2. The maximum Gasteiger partial charge on any atom is 0.196 e. The molecule has 1 aromatic rings. The number of hydrogen-bond donors (Lipinski definition) is 2. The van der Waals surface area contributed by atoms with E-state index < -0.39 is 0 Å². The molecule has 0 aromatic heterocycles. The summed E-state index contributed by atoms with van der Waals surface area (Å²) in [5.74, 6) is -0.696. The van der Waals surface area contributed by atoms with Crippen molar-refractivity contribution in [2.45, 2.75) is 13.8 Å². The van der Waals surface area contributed by atoms with Gasteiger partial charge in [-0.2, -0.15) is 0 Å². The number of ketones is 2. The molecule has 1 aromatic carbocycles. The van der Waals surface area contributed by atoms with E-state index in [1.54, 1.807) is 0 Å². The van der Waals surface area contributed by atoms with Crippen LogP contribution in [0.1, 0.15) is 34.6 Å². The van der Waals surface area contributed by atoms with Gasteiger partial charge in [-0.15, -0.1) is 0 Å². The molecule has 1 aliphatic rings. The van der Waals surface area contributed by atoms with E-state index in [2.05, 4.69) is 13.2 Å². The normalized spacial score (nSPS) is 13.3. The second kappa shape index (κ2) is 6.02. The van der Waals surface area contributed by atoms with Gasteiger partial charge in [0.05, 0.1) is 11.1 Å². The topological polar surface area (TPSA) is 86.2 Å². The van der Waals surface area contributed by atoms with Crippen LogP contribution < -0.4 is 11.5 Å². The molecule has 4 N–H and O–H groups in total. The molecular formula is C16H18N2O2. The van der Waals surface area contributed by atoms with E-state index in [-0.39, 0.29) is 45.2 Å². The SMILES string of the molecule is C=CC1=C(C=C)C(=O)c2c(N)ccc(N)c2C1=O.CC. The van der Waals surface area contributed by atoms with Gasteiger partial charge in [-0.05, 0) is 12.1 Å². The minimum atomic E-state index is -0.348. The van der Waals surface area contributed by atoms with E-state index in [0.29, 0.717) is 0 Å². The Hall–Kier alpha value is -2.62. The summed E-state index contributed by atoms with van der Waals surface area (Å²) in [5.41, 5.74) is 12.7. The highest BCUT2D eigenvalue weighted by Gasteiger charge is 2.32. The van der Waals surface area contributed by atoms with E-state index in [1.807, 2.05) is 13.8 Å². The van der Waals surface area contributed by atoms with Gasteiger partial charge in [0.15, 0.2) is 11.6 Å². The molecule has 0 aliphatic heterocycles. The van der Waals surface area contributed by atoms with Crippen LogP contribution in [0.15, 0.2) is 48.6 Å². The van der Waals surface area contributed by atoms with E-state index in [9.17, 15) is 9.59 Å². The molecule has 0 atom stereocenters. The highest BCUT2D eigenvalue weighted by molar-refractivity contribution is 6.32. The number of allylic oxidation sites excluding steroid dienone is 4. The average Bonchev–Trinajstić information content (AvgIpc) is 2.46. The summed E-state index contributed by atoms with van der Waals surface area (Å²) in [6.07, 6.45) is 2.67. The Kier molecular flexibility index (Phi) is 4.64. The number of benzene rings is 1. The van der Waals surface area contributed by atoms with E-state index in [1.165, 1.54) is 24.3 Å². The number of nitrogens with two attached hydrogens (primary N) is 2. The molecule has 0 radical (unpaired) electrons. The number of nitrogen functional groups attached to an aromatic ring is 2. The van der Waals surface area contributed by atoms with Crippen molar-refractivity contribution in [3.05, 3.63) is 59.7 Å². The Labute approximate surface area is 118 Å². The van der Waals surface area contributed by atoms with Gasteiger partial charge in [0.25, 0.3) is 0 Å². The van der Waals surface area contributed by atoms with Crippen LogP contribution in [-0.2, 0) is 0 Å². The van der Waals surface area contributed by atoms with Crippen LogP contribution in [0, 0.1) is 0 Å². The van der Waals surface area contributed by atoms with Gasteiger partial charge in [0, 0.05) is 22.5 Å². The predicted octanol–water partition coefficient (Wildman–Crippen LogP) is 2.92. The lowest BCUT2D eigenvalue weighted by molar-refractivity contribution is 0.0982. The van der Waals surface area contributed by atoms with Gasteiger partial charge in [-0.1, -0.05) is 39.2 Å². The first-order chi connectivity index (χ1) is 9.52. The molecule has 0 spiro atoms. The van der Waals surface area contributed by atoms with E-state index in [0.717, 1.165) is 0 Å². The molecular weight excluding hydrogens is 252 g/mol. The fraction of sp³-hybridized carbons (Fsp3) is 0.125. The van der Waals surface area contributed by atoms with Crippen LogP contribution in [-0.4, -0.2) is 11.6 Å². The Bertz CT molecular complexity index is 585. The number of rotatable bonds is 2. The summed E-state index contributed by atoms with van der Waals surface area (Å²) in [7, 11) is 0. The number of hydrogen-bond acceptors (Lipinski definition) is 4. The Balaban J connectivity index is 0.000000956. The first-order valence-corrected chi connectivity index (χ1v) is 6.29. The molecule has 0 fully saturated rings. The number of Topliss-reactive ketones (excluding diaryl/α,β-unsaturated/α-hetero) is 2. The third-order valence-electron chi connectivity index (χ3n) is 2.91. The maximum atomic E-state index is 12.3. The summed E-state index contributed by atoms with van der Waals surface area (Å²) < 4.78 is 0. The largest absolute Gasteiger partial charge is 0.398 e. The van der Waals surface area contributed by atoms with Crippen molar-refractivity contribution in [1.29, 1.82) is 0 Å². The molecule has 4 nitrogen and oxygen atoms in total. The lowest BCUT2D eigenvalue weighted by Crippen LogP contribution is -2.23. The van der Waals surface area contributed by atoms with Gasteiger partial charge in [0.2, 0.25) is 0 Å².